The van der Waals surface area contributed by atoms with Gasteiger partial charge in [-0.15, -0.1) is 0 Å². The van der Waals surface area contributed by atoms with Crippen LogP contribution in [0.2, 0.25) is 0 Å². The van der Waals surface area contributed by atoms with Crippen LogP contribution in [-0.4, -0.2) is 62.2 Å². The molecule has 3 nitrogen and oxygen atoms in total. The van der Waals surface area contributed by atoms with Gasteiger partial charge < -0.3 is 15.1 Å². The Morgan fingerprint density at radius 1 is 1.00 bits per heavy atom. The smallest absolute Gasteiger partial charge is 0.0195 e. The van der Waals surface area contributed by atoms with Crippen LogP contribution in [0.15, 0.2) is 0 Å². The molecule has 0 aromatic carbocycles. The van der Waals surface area contributed by atoms with Crippen LogP contribution in [0.5, 0.6) is 0 Å². The lowest BCUT2D eigenvalue weighted by atomic mass is 10.1. The summed E-state index contributed by atoms with van der Waals surface area (Å²) in [4.78, 5) is 5.12. The third-order valence-corrected chi connectivity index (χ3v) is 3.95. The van der Waals surface area contributed by atoms with Gasteiger partial charge in [0.15, 0.2) is 0 Å². The van der Waals surface area contributed by atoms with Crippen molar-refractivity contribution < 1.29 is 0 Å². The topological polar surface area (TPSA) is 18.5 Å². The van der Waals surface area contributed by atoms with Crippen LogP contribution >= 0.6 is 0 Å². The van der Waals surface area contributed by atoms with Crippen LogP contribution in [0.4, 0.5) is 0 Å². The van der Waals surface area contributed by atoms with Gasteiger partial charge in [-0.2, -0.15) is 0 Å². The Labute approximate surface area is 100 Å². The van der Waals surface area contributed by atoms with Crippen LogP contribution in [0.3, 0.4) is 0 Å². The standard InChI is InChI=1S/C13H27N3/c1-15-8-5-9-16(11-10-15)12-13-6-3-2-4-7-14-13/h13-14H,2-12H2,1H3. The second-order valence-corrected chi connectivity index (χ2v) is 5.46. The van der Waals surface area contributed by atoms with Crippen molar-refractivity contribution in [2.45, 2.75) is 38.1 Å². The minimum atomic E-state index is 0.755. The lowest BCUT2D eigenvalue weighted by molar-refractivity contribution is 0.244. The van der Waals surface area contributed by atoms with Crippen molar-refractivity contribution >= 4 is 0 Å². The van der Waals surface area contributed by atoms with Gasteiger partial charge in [-0.3, -0.25) is 0 Å². The van der Waals surface area contributed by atoms with Gasteiger partial charge in [-0.1, -0.05) is 12.8 Å². The molecule has 94 valence electrons. The number of nitrogens with one attached hydrogen (secondary N) is 1. The molecule has 2 fully saturated rings. The third kappa shape index (κ3) is 4.04. The molecule has 2 rings (SSSR count). The molecule has 2 aliphatic heterocycles. The normalized spacial score (nSPS) is 30.9. The van der Waals surface area contributed by atoms with Crippen LogP contribution in [-0.2, 0) is 0 Å². The summed E-state index contributed by atoms with van der Waals surface area (Å²) >= 11 is 0. The maximum atomic E-state index is 3.71. The number of hydrogen-bond donors (Lipinski definition) is 1. The zero-order valence-corrected chi connectivity index (χ0v) is 10.7. The molecule has 0 amide bonds. The second kappa shape index (κ2) is 6.58. The quantitative estimate of drug-likeness (QED) is 0.761. The summed E-state index contributed by atoms with van der Waals surface area (Å²) in [6.07, 6.45) is 6.94. The lowest BCUT2D eigenvalue weighted by Crippen LogP contribution is -2.42. The molecule has 0 aromatic heterocycles. The highest BCUT2D eigenvalue weighted by Gasteiger charge is 2.17. The molecule has 0 bridgehead atoms. The first kappa shape index (κ1) is 12.3. The highest BCUT2D eigenvalue weighted by molar-refractivity contribution is 4.77. The van der Waals surface area contributed by atoms with E-state index in [1.807, 2.05) is 0 Å². The zero-order valence-electron chi connectivity index (χ0n) is 10.7. The second-order valence-electron chi connectivity index (χ2n) is 5.46. The highest BCUT2D eigenvalue weighted by atomic mass is 15.2. The van der Waals surface area contributed by atoms with Crippen LogP contribution < -0.4 is 5.32 Å². The van der Waals surface area contributed by atoms with Crippen LogP contribution in [0.25, 0.3) is 0 Å². The third-order valence-electron chi connectivity index (χ3n) is 3.95. The predicted octanol–water partition coefficient (Wildman–Crippen LogP) is 1.16. The van der Waals surface area contributed by atoms with Crippen molar-refractivity contribution in [1.82, 2.24) is 15.1 Å². The molecular formula is C13H27N3. The van der Waals surface area contributed by atoms with Crippen LogP contribution in [0.1, 0.15) is 32.1 Å². The summed E-state index contributed by atoms with van der Waals surface area (Å²) in [6.45, 7) is 7.57. The fourth-order valence-electron chi connectivity index (χ4n) is 2.85. The van der Waals surface area contributed by atoms with E-state index in [2.05, 4.69) is 22.2 Å². The van der Waals surface area contributed by atoms with Gasteiger partial charge in [0.25, 0.3) is 0 Å². The molecule has 0 radical (unpaired) electrons. The summed E-state index contributed by atoms with van der Waals surface area (Å²) in [6, 6.07) is 0.755. The largest absolute Gasteiger partial charge is 0.313 e. The Morgan fingerprint density at radius 2 is 1.94 bits per heavy atom. The number of nitrogens with zero attached hydrogens (tertiary/aromatic N) is 2. The molecule has 2 aliphatic rings. The van der Waals surface area contributed by atoms with E-state index in [-0.39, 0.29) is 0 Å². The lowest BCUT2D eigenvalue weighted by Gasteiger charge is -2.26. The molecule has 0 aliphatic carbocycles. The van der Waals surface area contributed by atoms with Gasteiger partial charge in [0, 0.05) is 25.7 Å². The number of hydrogen-bond acceptors (Lipinski definition) is 3. The summed E-state index contributed by atoms with van der Waals surface area (Å²) < 4.78 is 0. The van der Waals surface area contributed by atoms with Crippen molar-refractivity contribution in [2.75, 3.05) is 46.3 Å². The Morgan fingerprint density at radius 3 is 2.88 bits per heavy atom. The summed E-state index contributed by atoms with van der Waals surface area (Å²) in [5.74, 6) is 0. The highest BCUT2D eigenvalue weighted by Crippen LogP contribution is 2.10. The predicted molar refractivity (Wildman–Crippen MR) is 68.8 cm³/mol. The fraction of sp³-hybridized carbons (Fsp3) is 1.00. The van der Waals surface area contributed by atoms with Gasteiger partial charge in [0.1, 0.15) is 0 Å². The number of likely N-dealkylation sites (N-methyl/N-ethyl adjacent to an activating group) is 1. The maximum Gasteiger partial charge on any atom is 0.0195 e. The van der Waals surface area contributed by atoms with E-state index in [0.717, 1.165) is 6.04 Å². The van der Waals surface area contributed by atoms with Gasteiger partial charge in [-0.25, -0.2) is 0 Å². The zero-order chi connectivity index (χ0) is 11.2. The van der Waals surface area contributed by atoms with Crippen LogP contribution in [0, 0.1) is 0 Å². The van der Waals surface area contributed by atoms with E-state index in [1.165, 1.54) is 71.4 Å². The molecule has 0 saturated carbocycles. The minimum absolute atomic E-state index is 0.755. The van der Waals surface area contributed by atoms with Gasteiger partial charge in [-0.05, 0) is 45.9 Å². The van der Waals surface area contributed by atoms with Gasteiger partial charge in [0.05, 0.1) is 0 Å². The minimum Gasteiger partial charge on any atom is -0.313 e. The number of rotatable bonds is 2. The maximum absolute atomic E-state index is 3.71. The summed E-state index contributed by atoms with van der Waals surface area (Å²) in [5.41, 5.74) is 0. The van der Waals surface area contributed by atoms with Gasteiger partial charge >= 0.3 is 0 Å². The molecule has 16 heavy (non-hydrogen) atoms. The molecule has 2 heterocycles. The average Bonchev–Trinajstić information content (AvgIpc) is 2.63. The molecule has 0 aromatic rings. The van der Waals surface area contributed by atoms with Crippen molar-refractivity contribution in [1.29, 1.82) is 0 Å². The Bertz CT molecular complexity index is 188. The molecule has 1 atom stereocenters. The van der Waals surface area contributed by atoms with E-state index in [0.29, 0.717) is 0 Å². The molecule has 1 N–H and O–H groups in total. The van der Waals surface area contributed by atoms with E-state index in [4.69, 9.17) is 0 Å². The molecule has 3 heteroatoms. The Hall–Kier alpha value is -0.120. The first-order valence-electron chi connectivity index (χ1n) is 6.99. The molecule has 1 unspecified atom stereocenters. The summed E-state index contributed by atoms with van der Waals surface area (Å²) in [7, 11) is 2.24. The Balaban J connectivity index is 1.74. The first-order valence-corrected chi connectivity index (χ1v) is 6.99. The summed E-state index contributed by atoms with van der Waals surface area (Å²) in [5, 5.41) is 3.71. The van der Waals surface area contributed by atoms with E-state index >= 15 is 0 Å². The van der Waals surface area contributed by atoms with E-state index in [1.54, 1.807) is 0 Å². The average molecular weight is 225 g/mol. The van der Waals surface area contributed by atoms with E-state index < -0.39 is 0 Å². The van der Waals surface area contributed by atoms with Crippen molar-refractivity contribution in [3.8, 4) is 0 Å². The molecule has 2 saturated heterocycles. The monoisotopic (exact) mass is 225 g/mol. The Kier molecular flexibility index (Phi) is 5.07. The van der Waals surface area contributed by atoms with Crippen molar-refractivity contribution in [2.24, 2.45) is 0 Å². The van der Waals surface area contributed by atoms with E-state index in [9.17, 15) is 0 Å². The fourth-order valence-corrected chi connectivity index (χ4v) is 2.85. The van der Waals surface area contributed by atoms with Gasteiger partial charge in [0.2, 0.25) is 0 Å². The van der Waals surface area contributed by atoms with Crippen molar-refractivity contribution in [3.63, 3.8) is 0 Å². The SMILES string of the molecule is CN1CCCN(CC2CCCCCN2)CC1. The molecular weight excluding hydrogens is 198 g/mol. The van der Waals surface area contributed by atoms with Crippen molar-refractivity contribution in [3.05, 3.63) is 0 Å². The molecule has 0 spiro atoms. The first-order chi connectivity index (χ1) is 7.84.